The molecule has 1 aromatic heterocycles. The molecule has 1 N–H and O–H groups in total. The molecule has 1 unspecified atom stereocenters. The molecule has 2 rings (SSSR count). The first-order chi connectivity index (χ1) is 8.68. The van der Waals surface area contributed by atoms with Crippen molar-refractivity contribution >= 4 is 29.7 Å². The Morgan fingerprint density at radius 1 is 1.42 bits per heavy atom. The Bertz CT molecular complexity index is 375. The van der Waals surface area contributed by atoms with E-state index >= 15 is 0 Å². The number of likely N-dealkylation sites (tertiary alicyclic amines) is 1. The average Bonchev–Trinajstić information content (AvgIpc) is 3.01. The molecule has 2 heterocycles. The molecule has 0 radical (unpaired) electrons. The SMILES string of the molecule is CC(C)C(=O)NCC(c1cccs1)N1CCCC1.Cl. The summed E-state index contributed by atoms with van der Waals surface area (Å²) in [5, 5.41) is 5.19. The molecule has 0 saturated carbocycles. The average molecular weight is 303 g/mol. The Labute approximate surface area is 125 Å². The summed E-state index contributed by atoms with van der Waals surface area (Å²) in [5.74, 6) is 0.211. The van der Waals surface area contributed by atoms with Crippen LogP contribution in [0.4, 0.5) is 0 Å². The van der Waals surface area contributed by atoms with Crippen LogP contribution >= 0.6 is 23.7 Å². The predicted molar refractivity (Wildman–Crippen MR) is 83.0 cm³/mol. The summed E-state index contributed by atoms with van der Waals surface area (Å²) in [4.78, 5) is 15.6. The van der Waals surface area contributed by atoms with Gasteiger partial charge in [0.25, 0.3) is 0 Å². The lowest BCUT2D eigenvalue weighted by molar-refractivity contribution is -0.124. The minimum atomic E-state index is 0. The lowest BCUT2D eigenvalue weighted by atomic mass is 10.1. The summed E-state index contributed by atoms with van der Waals surface area (Å²) < 4.78 is 0. The van der Waals surface area contributed by atoms with Gasteiger partial charge in [-0.05, 0) is 37.4 Å². The third-order valence-corrected chi connectivity index (χ3v) is 4.42. The smallest absolute Gasteiger partial charge is 0.222 e. The van der Waals surface area contributed by atoms with Gasteiger partial charge in [0.2, 0.25) is 5.91 Å². The van der Waals surface area contributed by atoms with Gasteiger partial charge in [-0.3, -0.25) is 9.69 Å². The van der Waals surface area contributed by atoms with Crippen molar-refractivity contribution in [3.8, 4) is 0 Å². The minimum absolute atomic E-state index is 0. The number of carbonyl (C=O) groups is 1. The molecule has 1 saturated heterocycles. The molecule has 1 atom stereocenters. The van der Waals surface area contributed by atoms with Gasteiger partial charge < -0.3 is 5.32 Å². The highest BCUT2D eigenvalue weighted by molar-refractivity contribution is 7.10. The van der Waals surface area contributed by atoms with Gasteiger partial charge in [0, 0.05) is 17.3 Å². The summed E-state index contributed by atoms with van der Waals surface area (Å²) in [7, 11) is 0. The van der Waals surface area contributed by atoms with E-state index in [1.165, 1.54) is 17.7 Å². The van der Waals surface area contributed by atoms with Gasteiger partial charge >= 0.3 is 0 Å². The number of rotatable bonds is 5. The van der Waals surface area contributed by atoms with E-state index in [1.54, 1.807) is 11.3 Å². The molecular weight excluding hydrogens is 280 g/mol. The van der Waals surface area contributed by atoms with Crippen LogP contribution in [0.15, 0.2) is 17.5 Å². The fourth-order valence-electron chi connectivity index (χ4n) is 2.35. The third-order valence-electron chi connectivity index (χ3n) is 3.45. The topological polar surface area (TPSA) is 32.3 Å². The van der Waals surface area contributed by atoms with Crippen LogP contribution in [0.3, 0.4) is 0 Å². The van der Waals surface area contributed by atoms with Crippen molar-refractivity contribution in [2.45, 2.75) is 32.7 Å². The standard InChI is InChI=1S/C14H22N2OS.ClH/c1-11(2)14(17)15-10-12(13-6-5-9-18-13)16-7-3-4-8-16;/h5-6,9,11-12H,3-4,7-8,10H2,1-2H3,(H,15,17);1H. The Kier molecular flexibility index (Phi) is 6.83. The molecule has 1 aliphatic heterocycles. The van der Waals surface area contributed by atoms with Crippen molar-refractivity contribution in [2.24, 2.45) is 5.92 Å². The lowest BCUT2D eigenvalue weighted by Gasteiger charge is -2.27. The van der Waals surface area contributed by atoms with Crippen LogP contribution in [0.1, 0.15) is 37.6 Å². The van der Waals surface area contributed by atoms with Crippen molar-refractivity contribution in [3.05, 3.63) is 22.4 Å². The van der Waals surface area contributed by atoms with Crippen LogP contribution in [0.2, 0.25) is 0 Å². The highest BCUT2D eigenvalue weighted by Crippen LogP contribution is 2.27. The third kappa shape index (κ3) is 4.48. The molecule has 0 bridgehead atoms. The number of thiophene rings is 1. The Balaban J connectivity index is 0.00000180. The van der Waals surface area contributed by atoms with E-state index in [0.29, 0.717) is 6.04 Å². The minimum Gasteiger partial charge on any atom is -0.354 e. The molecule has 1 amide bonds. The summed E-state index contributed by atoms with van der Waals surface area (Å²) in [6, 6.07) is 4.62. The molecule has 5 heteroatoms. The van der Waals surface area contributed by atoms with Crippen LogP contribution in [-0.2, 0) is 4.79 Å². The maximum Gasteiger partial charge on any atom is 0.222 e. The number of amides is 1. The van der Waals surface area contributed by atoms with Crippen molar-refractivity contribution in [3.63, 3.8) is 0 Å². The van der Waals surface area contributed by atoms with E-state index in [4.69, 9.17) is 0 Å². The summed E-state index contributed by atoms with van der Waals surface area (Å²) in [6.45, 7) is 6.91. The van der Waals surface area contributed by atoms with Crippen molar-refractivity contribution in [1.82, 2.24) is 10.2 Å². The largest absolute Gasteiger partial charge is 0.354 e. The van der Waals surface area contributed by atoms with E-state index in [9.17, 15) is 4.79 Å². The number of nitrogens with one attached hydrogen (secondary N) is 1. The zero-order chi connectivity index (χ0) is 13.0. The van der Waals surface area contributed by atoms with Crippen LogP contribution in [0.5, 0.6) is 0 Å². The maximum atomic E-state index is 11.7. The van der Waals surface area contributed by atoms with E-state index < -0.39 is 0 Å². The molecule has 1 aromatic rings. The van der Waals surface area contributed by atoms with Crippen molar-refractivity contribution < 1.29 is 4.79 Å². The number of halogens is 1. The fraction of sp³-hybridized carbons (Fsp3) is 0.643. The molecule has 3 nitrogen and oxygen atoms in total. The maximum absolute atomic E-state index is 11.7. The van der Waals surface area contributed by atoms with Gasteiger partial charge in [-0.15, -0.1) is 23.7 Å². The first kappa shape index (κ1) is 16.5. The zero-order valence-electron chi connectivity index (χ0n) is 11.6. The van der Waals surface area contributed by atoms with Crippen LogP contribution in [-0.4, -0.2) is 30.4 Å². The van der Waals surface area contributed by atoms with Crippen molar-refractivity contribution in [2.75, 3.05) is 19.6 Å². The van der Waals surface area contributed by atoms with Gasteiger partial charge in [0.15, 0.2) is 0 Å². The van der Waals surface area contributed by atoms with Crippen LogP contribution in [0, 0.1) is 5.92 Å². The quantitative estimate of drug-likeness (QED) is 0.906. The molecule has 0 spiro atoms. The van der Waals surface area contributed by atoms with Crippen LogP contribution < -0.4 is 5.32 Å². The summed E-state index contributed by atoms with van der Waals surface area (Å²) >= 11 is 1.78. The first-order valence-corrected chi connectivity index (χ1v) is 7.61. The number of carbonyl (C=O) groups excluding carboxylic acids is 1. The van der Waals surface area contributed by atoms with Crippen LogP contribution in [0.25, 0.3) is 0 Å². The second-order valence-corrected chi connectivity index (χ2v) is 6.15. The lowest BCUT2D eigenvalue weighted by Crippen LogP contribution is -2.37. The van der Waals surface area contributed by atoms with Gasteiger partial charge in [-0.1, -0.05) is 19.9 Å². The Morgan fingerprint density at radius 3 is 2.63 bits per heavy atom. The van der Waals surface area contributed by atoms with Crippen molar-refractivity contribution in [1.29, 1.82) is 0 Å². The molecule has 0 aliphatic carbocycles. The number of nitrogens with zero attached hydrogens (tertiary/aromatic N) is 1. The number of hydrogen-bond acceptors (Lipinski definition) is 3. The monoisotopic (exact) mass is 302 g/mol. The zero-order valence-corrected chi connectivity index (χ0v) is 13.2. The van der Waals surface area contributed by atoms with E-state index in [-0.39, 0.29) is 24.2 Å². The Morgan fingerprint density at radius 2 is 2.11 bits per heavy atom. The normalized spacial score (nSPS) is 17.2. The second kappa shape index (κ2) is 7.88. The van der Waals surface area contributed by atoms with E-state index in [2.05, 4.69) is 27.7 Å². The molecule has 1 fully saturated rings. The highest BCUT2D eigenvalue weighted by atomic mass is 35.5. The molecule has 19 heavy (non-hydrogen) atoms. The summed E-state index contributed by atoms with van der Waals surface area (Å²) in [6.07, 6.45) is 2.56. The van der Waals surface area contributed by atoms with Gasteiger partial charge in [0.05, 0.1) is 6.04 Å². The highest BCUT2D eigenvalue weighted by Gasteiger charge is 2.24. The molecule has 0 aromatic carbocycles. The molecule has 1 aliphatic rings. The first-order valence-electron chi connectivity index (χ1n) is 6.73. The predicted octanol–water partition coefficient (Wildman–Crippen LogP) is 3.08. The summed E-state index contributed by atoms with van der Waals surface area (Å²) in [5.41, 5.74) is 0. The van der Waals surface area contributed by atoms with Gasteiger partial charge in [-0.2, -0.15) is 0 Å². The van der Waals surface area contributed by atoms with E-state index in [0.717, 1.165) is 19.6 Å². The fourth-order valence-corrected chi connectivity index (χ4v) is 3.21. The second-order valence-electron chi connectivity index (χ2n) is 5.17. The van der Waals surface area contributed by atoms with Gasteiger partial charge in [-0.25, -0.2) is 0 Å². The Hall–Kier alpha value is -0.580. The number of hydrogen-bond donors (Lipinski definition) is 1. The molecule has 108 valence electrons. The molecular formula is C14H23ClN2OS. The van der Waals surface area contributed by atoms with Gasteiger partial charge in [0.1, 0.15) is 0 Å². The van der Waals surface area contributed by atoms with E-state index in [1.807, 2.05) is 13.8 Å².